The average Bonchev–Trinajstić information content (AvgIpc) is 2.46. The number of benzene rings is 1. The molecule has 1 amide bonds. The van der Waals surface area contributed by atoms with Crippen LogP contribution in [0.1, 0.15) is 22.3 Å². The Balaban J connectivity index is 2.80. The maximum Gasteiger partial charge on any atom is 0.307 e. The van der Waals surface area contributed by atoms with E-state index in [1.807, 2.05) is 6.92 Å². The Morgan fingerprint density at radius 3 is 2.10 bits per heavy atom. The fraction of sp³-hybridized carbons (Fsp3) is 0.429. The second-order valence-corrected chi connectivity index (χ2v) is 4.09. The van der Waals surface area contributed by atoms with Crippen LogP contribution in [0.4, 0.5) is 0 Å². The third-order valence-corrected chi connectivity index (χ3v) is 2.86. The van der Waals surface area contributed by atoms with E-state index in [2.05, 4.69) is 10.1 Å². The summed E-state index contributed by atoms with van der Waals surface area (Å²) in [6.45, 7) is 2.06. The van der Waals surface area contributed by atoms with E-state index < -0.39 is 0 Å². The van der Waals surface area contributed by atoms with Crippen molar-refractivity contribution in [2.45, 2.75) is 13.3 Å². The lowest BCUT2D eigenvalue weighted by atomic mass is 10.1. The van der Waals surface area contributed by atoms with Crippen molar-refractivity contribution in [3.8, 4) is 11.5 Å². The van der Waals surface area contributed by atoms with Gasteiger partial charge in [0.05, 0.1) is 27.8 Å². The molecule has 1 aromatic rings. The number of rotatable bonds is 6. The smallest absolute Gasteiger partial charge is 0.307 e. The Labute approximate surface area is 118 Å². The van der Waals surface area contributed by atoms with Crippen LogP contribution in [0.5, 0.6) is 11.5 Å². The topological polar surface area (TPSA) is 73.9 Å². The van der Waals surface area contributed by atoms with E-state index in [-0.39, 0.29) is 24.8 Å². The molecule has 1 aromatic carbocycles. The monoisotopic (exact) mass is 281 g/mol. The molecule has 20 heavy (non-hydrogen) atoms. The van der Waals surface area contributed by atoms with Crippen molar-refractivity contribution >= 4 is 11.9 Å². The molecule has 6 heteroatoms. The number of nitrogens with one attached hydrogen (secondary N) is 1. The lowest BCUT2D eigenvalue weighted by molar-refractivity contribution is -0.140. The van der Waals surface area contributed by atoms with Gasteiger partial charge >= 0.3 is 5.97 Å². The Bertz CT molecular complexity index is 473. The largest absolute Gasteiger partial charge is 0.496 e. The number of carbonyl (C=O) groups is 2. The summed E-state index contributed by atoms with van der Waals surface area (Å²) in [6.07, 6.45) is 0.127. The Kier molecular flexibility index (Phi) is 5.83. The Morgan fingerprint density at radius 2 is 1.65 bits per heavy atom. The first-order valence-electron chi connectivity index (χ1n) is 6.11. The zero-order valence-corrected chi connectivity index (χ0v) is 12.1. The maximum absolute atomic E-state index is 12.0. The molecule has 0 saturated heterocycles. The van der Waals surface area contributed by atoms with Crippen LogP contribution >= 0.6 is 0 Å². The summed E-state index contributed by atoms with van der Waals surface area (Å²) < 4.78 is 14.9. The SMILES string of the molecule is COC(=O)CCNC(=O)c1cc(OC)c(C)c(OC)c1. The van der Waals surface area contributed by atoms with Gasteiger partial charge in [0.2, 0.25) is 0 Å². The predicted molar refractivity (Wildman–Crippen MR) is 73.2 cm³/mol. The molecule has 0 aliphatic carbocycles. The fourth-order valence-corrected chi connectivity index (χ4v) is 1.70. The van der Waals surface area contributed by atoms with Gasteiger partial charge in [-0.25, -0.2) is 0 Å². The van der Waals surface area contributed by atoms with Crippen molar-refractivity contribution in [2.75, 3.05) is 27.9 Å². The molecule has 0 saturated carbocycles. The van der Waals surface area contributed by atoms with Crippen LogP contribution in [0.3, 0.4) is 0 Å². The first-order chi connectivity index (χ1) is 9.53. The third-order valence-electron chi connectivity index (χ3n) is 2.86. The third kappa shape index (κ3) is 3.88. The average molecular weight is 281 g/mol. The number of amides is 1. The minimum absolute atomic E-state index is 0.127. The minimum atomic E-state index is -0.371. The lowest BCUT2D eigenvalue weighted by Crippen LogP contribution is -2.26. The number of methoxy groups -OCH3 is 3. The molecule has 0 heterocycles. The molecule has 0 spiro atoms. The summed E-state index contributed by atoms with van der Waals surface area (Å²) in [5.74, 6) is 0.472. The summed E-state index contributed by atoms with van der Waals surface area (Å²) in [4.78, 5) is 22.9. The van der Waals surface area contributed by atoms with Gasteiger partial charge in [-0.1, -0.05) is 0 Å². The number of carbonyl (C=O) groups excluding carboxylic acids is 2. The summed E-state index contributed by atoms with van der Waals surface area (Å²) in [7, 11) is 4.36. The molecule has 0 aromatic heterocycles. The Hall–Kier alpha value is -2.24. The van der Waals surface area contributed by atoms with Crippen LogP contribution in [-0.4, -0.2) is 39.8 Å². The van der Waals surface area contributed by atoms with Gasteiger partial charge in [0.25, 0.3) is 5.91 Å². The van der Waals surface area contributed by atoms with Gasteiger partial charge in [-0.3, -0.25) is 9.59 Å². The molecule has 6 nitrogen and oxygen atoms in total. The molecule has 110 valence electrons. The van der Waals surface area contributed by atoms with E-state index in [4.69, 9.17) is 9.47 Å². The zero-order chi connectivity index (χ0) is 15.1. The van der Waals surface area contributed by atoms with Gasteiger partial charge in [-0.2, -0.15) is 0 Å². The highest BCUT2D eigenvalue weighted by Gasteiger charge is 2.13. The number of ether oxygens (including phenoxy) is 3. The quantitative estimate of drug-likeness (QED) is 0.796. The van der Waals surface area contributed by atoms with Crippen molar-refractivity contribution in [3.63, 3.8) is 0 Å². The number of hydrogen-bond donors (Lipinski definition) is 1. The van der Waals surface area contributed by atoms with Gasteiger partial charge < -0.3 is 19.5 Å². The van der Waals surface area contributed by atoms with Gasteiger partial charge in [0.15, 0.2) is 0 Å². The maximum atomic E-state index is 12.0. The minimum Gasteiger partial charge on any atom is -0.496 e. The van der Waals surface area contributed by atoms with Crippen LogP contribution in [0.25, 0.3) is 0 Å². The number of esters is 1. The van der Waals surface area contributed by atoms with Crippen LogP contribution in [0.2, 0.25) is 0 Å². The van der Waals surface area contributed by atoms with Gasteiger partial charge in [0.1, 0.15) is 11.5 Å². The second-order valence-electron chi connectivity index (χ2n) is 4.09. The molecule has 0 bridgehead atoms. The highest BCUT2D eigenvalue weighted by atomic mass is 16.5. The standard InChI is InChI=1S/C14H19NO5/c1-9-11(18-2)7-10(8-12(9)19-3)14(17)15-6-5-13(16)20-4/h7-8H,5-6H2,1-4H3,(H,15,17). The van der Waals surface area contributed by atoms with E-state index in [1.54, 1.807) is 12.1 Å². The van der Waals surface area contributed by atoms with Crippen molar-refractivity contribution in [1.29, 1.82) is 0 Å². The number of hydrogen-bond acceptors (Lipinski definition) is 5. The van der Waals surface area contributed by atoms with Crippen molar-refractivity contribution < 1.29 is 23.8 Å². The molecule has 0 aliphatic heterocycles. The van der Waals surface area contributed by atoms with Crippen molar-refractivity contribution in [3.05, 3.63) is 23.3 Å². The van der Waals surface area contributed by atoms with Crippen LogP contribution in [-0.2, 0) is 9.53 Å². The highest BCUT2D eigenvalue weighted by molar-refractivity contribution is 5.95. The Morgan fingerprint density at radius 1 is 1.10 bits per heavy atom. The van der Waals surface area contributed by atoms with Gasteiger partial charge in [-0.05, 0) is 19.1 Å². The summed E-state index contributed by atoms with van der Waals surface area (Å²) >= 11 is 0. The molecule has 0 fully saturated rings. The molecular weight excluding hydrogens is 262 g/mol. The molecule has 0 unspecified atom stereocenters. The van der Waals surface area contributed by atoms with E-state index in [0.29, 0.717) is 17.1 Å². The molecule has 1 N–H and O–H groups in total. The van der Waals surface area contributed by atoms with E-state index >= 15 is 0 Å². The molecule has 0 atom stereocenters. The molecule has 0 aliphatic rings. The van der Waals surface area contributed by atoms with Crippen molar-refractivity contribution in [2.24, 2.45) is 0 Å². The first-order valence-corrected chi connectivity index (χ1v) is 6.11. The summed E-state index contributed by atoms with van der Waals surface area (Å²) in [6, 6.07) is 3.26. The van der Waals surface area contributed by atoms with Crippen LogP contribution < -0.4 is 14.8 Å². The fourth-order valence-electron chi connectivity index (χ4n) is 1.70. The van der Waals surface area contributed by atoms with Gasteiger partial charge in [0, 0.05) is 17.7 Å². The van der Waals surface area contributed by atoms with Gasteiger partial charge in [-0.15, -0.1) is 0 Å². The van der Waals surface area contributed by atoms with E-state index in [9.17, 15) is 9.59 Å². The predicted octanol–water partition coefficient (Wildman–Crippen LogP) is 1.31. The normalized spacial score (nSPS) is 9.80. The first kappa shape index (κ1) is 15.8. The highest BCUT2D eigenvalue weighted by Crippen LogP contribution is 2.29. The molecule has 0 radical (unpaired) electrons. The van der Waals surface area contributed by atoms with Crippen LogP contribution in [0, 0.1) is 6.92 Å². The molecular formula is C14H19NO5. The molecule has 1 rings (SSSR count). The zero-order valence-electron chi connectivity index (χ0n) is 12.1. The van der Waals surface area contributed by atoms with Crippen LogP contribution in [0.15, 0.2) is 12.1 Å². The lowest BCUT2D eigenvalue weighted by Gasteiger charge is -2.12. The summed E-state index contributed by atoms with van der Waals surface area (Å²) in [5, 5.41) is 2.64. The second kappa shape index (κ2) is 7.37. The van der Waals surface area contributed by atoms with Crippen molar-refractivity contribution in [1.82, 2.24) is 5.32 Å². The summed E-state index contributed by atoms with van der Waals surface area (Å²) in [5.41, 5.74) is 1.23. The van der Waals surface area contributed by atoms with E-state index in [1.165, 1.54) is 21.3 Å². The van der Waals surface area contributed by atoms with E-state index in [0.717, 1.165) is 5.56 Å².